The first-order chi connectivity index (χ1) is 13.8. The Morgan fingerprint density at radius 2 is 1.79 bits per heavy atom. The van der Waals surface area contributed by atoms with E-state index < -0.39 is 5.91 Å². The van der Waals surface area contributed by atoms with Gasteiger partial charge >= 0.3 is 0 Å². The summed E-state index contributed by atoms with van der Waals surface area (Å²) in [6.07, 6.45) is 0. The number of fused-ring (bicyclic) bond motifs is 1. The average Bonchev–Trinajstić information content (AvgIpc) is 3.16. The monoisotopic (exact) mass is 404 g/mol. The van der Waals surface area contributed by atoms with Crippen molar-refractivity contribution in [1.82, 2.24) is 4.98 Å². The molecule has 0 atom stereocenters. The molecule has 6 heteroatoms. The second-order valence-electron chi connectivity index (χ2n) is 7.79. The maximum Gasteiger partial charge on any atom is 0.293 e. The SMILES string of the molecule is CC(C)(C)c1ccc(-c2csc(NC(=O)c3cc(=O)c4ccccc4o3)n2)cc1. The van der Waals surface area contributed by atoms with Gasteiger partial charge in [0, 0.05) is 17.0 Å². The smallest absolute Gasteiger partial charge is 0.293 e. The molecule has 4 aromatic rings. The van der Waals surface area contributed by atoms with Gasteiger partial charge in [-0.3, -0.25) is 14.9 Å². The number of hydrogen-bond acceptors (Lipinski definition) is 5. The largest absolute Gasteiger partial charge is 0.451 e. The Balaban J connectivity index is 1.55. The molecule has 29 heavy (non-hydrogen) atoms. The number of aromatic nitrogens is 1. The minimum atomic E-state index is -0.503. The van der Waals surface area contributed by atoms with Gasteiger partial charge in [-0.05, 0) is 23.1 Å². The molecule has 0 unspecified atom stereocenters. The summed E-state index contributed by atoms with van der Waals surface area (Å²) in [6, 6.07) is 16.3. The Bertz CT molecular complexity index is 1250. The summed E-state index contributed by atoms with van der Waals surface area (Å²) in [5.74, 6) is -0.545. The van der Waals surface area contributed by atoms with Gasteiger partial charge in [0.1, 0.15) is 5.58 Å². The van der Waals surface area contributed by atoms with Crippen LogP contribution >= 0.6 is 11.3 Å². The highest BCUT2D eigenvalue weighted by molar-refractivity contribution is 7.14. The number of nitrogens with one attached hydrogen (secondary N) is 1. The molecule has 5 nitrogen and oxygen atoms in total. The van der Waals surface area contributed by atoms with E-state index in [4.69, 9.17) is 4.42 Å². The standard InChI is InChI=1S/C23H20N2O3S/c1-23(2,3)15-10-8-14(9-11-15)17-13-29-22(24-17)25-21(27)20-12-18(26)16-6-4-5-7-19(16)28-20/h4-13H,1-3H3,(H,24,25,27). The predicted octanol–water partition coefficient (Wildman–Crippen LogP) is 5.47. The molecule has 2 aromatic carbocycles. The van der Waals surface area contributed by atoms with Gasteiger partial charge in [-0.25, -0.2) is 4.98 Å². The van der Waals surface area contributed by atoms with Crippen molar-refractivity contribution in [3.8, 4) is 11.3 Å². The first-order valence-corrected chi connectivity index (χ1v) is 10.1. The number of benzene rings is 2. The van der Waals surface area contributed by atoms with Gasteiger partial charge in [-0.15, -0.1) is 11.3 Å². The topological polar surface area (TPSA) is 72.2 Å². The van der Waals surface area contributed by atoms with Crippen LogP contribution in [0, 0.1) is 0 Å². The Hall–Kier alpha value is -3.25. The average molecular weight is 404 g/mol. The molecule has 2 heterocycles. The number of hydrogen-bond donors (Lipinski definition) is 1. The summed E-state index contributed by atoms with van der Waals surface area (Å²) in [7, 11) is 0. The lowest BCUT2D eigenvalue weighted by Gasteiger charge is -2.18. The second-order valence-corrected chi connectivity index (χ2v) is 8.65. The molecule has 0 bridgehead atoms. The summed E-state index contributed by atoms with van der Waals surface area (Å²) in [5.41, 5.74) is 3.22. The lowest BCUT2D eigenvalue weighted by molar-refractivity contribution is 0.0997. The molecule has 1 N–H and O–H groups in total. The fraction of sp³-hybridized carbons (Fsp3) is 0.174. The molecule has 0 spiro atoms. The summed E-state index contributed by atoms with van der Waals surface area (Å²) < 4.78 is 5.58. The lowest BCUT2D eigenvalue weighted by atomic mass is 9.86. The molecule has 0 aliphatic rings. The van der Waals surface area contributed by atoms with Crippen molar-refractivity contribution in [2.45, 2.75) is 26.2 Å². The van der Waals surface area contributed by atoms with E-state index in [0.29, 0.717) is 16.1 Å². The highest BCUT2D eigenvalue weighted by Gasteiger charge is 2.16. The van der Waals surface area contributed by atoms with Gasteiger partial charge in [0.25, 0.3) is 5.91 Å². The first kappa shape index (κ1) is 19.1. The number of thiazole rings is 1. The summed E-state index contributed by atoms with van der Waals surface area (Å²) in [4.78, 5) is 29.2. The summed E-state index contributed by atoms with van der Waals surface area (Å²) >= 11 is 1.32. The zero-order chi connectivity index (χ0) is 20.6. The normalized spacial score (nSPS) is 11.6. The Morgan fingerprint density at radius 1 is 1.07 bits per heavy atom. The quantitative estimate of drug-likeness (QED) is 0.492. The Labute approximate surface area is 172 Å². The van der Waals surface area contributed by atoms with E-state index in [1.54, 1.807) is 24.3 Å². The number of nitrogens with zero attached hydrogens (tertiary/aromatic N) is 1. The van der Waals surface area contributed by atoms with E-state index in [9.17, 15) is 9.59 Å². The minimum Gasteiger partial charge on any atom is -0.451 e. The van der Waals surface area contributed by atoms with Crippen LogP contribution < -0.4 is 10.7 Å². The van der Waals surface area contributed by atoms with Crippen molar-refractivity contribution in [2.24, 2.45) is 0 Å². The molecular weight excluding hydrogens is 384 g/mol. The number of amides is 1. The van der Waals surface area contributed by atoms with Gasteiger partial charge in [-0.1, -0.05) is 57.2 Å². The highest BCUT2D eigenvalue weighted by Crippen LogP contribution is 2.28. The van der Waals surface area contributed by atoms with Crippen LogP contribution in [0.2, 0.25) is 0 Å². The van der Waals surface area contributed by atoms with Gasteiger partial charge < -0.3 is 4.42 Å². The number of carbonyl (C=O) groups excluding carboxylic acids is 1. The first-order valence-electron chi connectivity index (χ1n) is 9.22. The maximum absolute atomic E-state index is 12.5. The van der Waals surface area contributed by atoms with Crippen molar-refractivity contribution in [2.75, 3.05) is 5.32 Å². The third-order valence-corrected chi connectivity index (χ3v) is 5.39. The van der Waals surface area contributed by atoms with E-state index in [1.807, 2.05) is 17.5 Å². The fourth-order valence-corrected chi connectivity index (χ4v) is 3.69. The van der Waals surface area contributed by atoms with E-state index in [1.165, 1.54) is 23.0 Å². The van der Waals surface area contributed by atoms with E-state index in [0.717, 1.165) is 11.3 Å². The fourth-order valence-electron chi connectivity index (χ4n) is 2.98. The predicted molar refractivity (Wildman–Crippen MR) is 117 cm³/mol. The van der Waals surface area contributed by atoms with E-state index in [2.05, 4.69) is 43.2 Å². The number of anilines is 1. The number of rotatable bonds is 3. The Kier molecular flexibility index (Phi) is 4.80. The van der Waals surface area contributed by atoms with Gasteiger partial charge in [0.05, 0.1) is 11.1 Å². The second kappa shape index (κ2) is 7.29. The van der Waals surface area contributed by atoms with E-state index in [-0.39, 0.29) is 16.6 Å². The van der Waals surface area contributed by atoms with Gasteiger partial charge in [-0.2, -0.15) is 0 Å². The molecular formula is C23H20N2O3S. The molecule has 0 aliphatic heterocycles. The molecule has 4 rings (SSSR count). The summed E-state index contributed by atoms with van der Waals surface area (Å²) in [6.45, 7) is 6.51. The third kappa shape index (κ3) is 3.98. The molecule has 0 saturated heterocycles. The van der Waals surface area contributed by atoms with Crippen LogP contribution in [-0.4, -0.2) is 10.9 Å². The number of carbonyl (C=O) groups is 1. The van der Waals surface area contributed by atoms with E-state index >= 15 is 0 Å². The number of para-hydroxylation sites is 1. The van der Waals surface area contributed by atoms with Crippen molar-refractivity contribution in [3.05, 3.63) is 81.5 Å². The zero-order valence-corrected chi connectivity index (χ0v) is 17.2. The molecule has 146 valence electrons. The molecule has 0 radical (unpaired) electrons. The van der Waals surface area contributed by atoms with Crippen LogP contribution in [0.1, 0.15) is 36.9 Å². The van der Waals surface area contributed by atoms with Crippen molar-refractivity contribution in [3.63, 3.8) is 0 Å². The van der Waals surface area contributed by atoms with Gasteiger partial charge in [0.2, 0.25) is 0 Å². The van der Waals surface area contributed by atoms with Crippen LogP contribution in [0.5, 0.6) is 0 Å². The molecule has 0 fully saturated rings. The minimum absolute atomic E-state index is 0.0417. The molecule has 0 aliphatic carbocycles. The Morgan fingerprint density at radius 3 is 2.52 bits per heavy atom. The summed E-state index contributed by atoms with van der Waals surface area (Å²) in [5, 5.41) is 5.49. The zero-order valence-electron chi connectivity index (χ0n) is 16.4. The van der Waals surface area contributed by atoms with Crippen LogP contribution in [0.4, 0.5) is 5.13 Å². The van der Waals surface area contributed by atoms with Crippen molar-refractivity contribution < 1.29 is 9.21 Å². The maximum atomic E-state index is 12.5. The highest BCUT2D eigenvalue weighted by atomic mass is 32.1. The van der Waals surface area contributed by atoms with Crippen molar-refractivity contribution >= 4 is 33.3 Å². The third-order valence-electron chi connectivity index (χ3n) is 4.63. The molecule has 1 amide bonds. The van der Waals surface area contributed by atoms with Crippen LogP contribution in [0.25, 0.3) is 22.2 Å². The molecule has 0 saturated carbocycles. The lowest BCUT2D eigenvalue weighted by Crippen LogP contribution is -2.14. The van der Waals surface area contributed by atoms with Crippen molar-refractivity contribution in [1.29, 1.82) is 0 Å². The van der Waals surface area contributed by atoms with Gasteiger partial charge in [0.15, 0.2) is 16.3 Å². The van der Waals surface area contributed by atoms with Crippen LogP contribution in [-0.2, 0) is 5.41 Å². The van der Waals surface area contributed by atoms with Crippen LogP contribution in [0.15, 0.2) is 69.2 Å². The van der Waals surface area contributed by atoms with Crippen LogP contribution in [0.3, 0.4) is 0 Å². The molecule has 2 aromatic heterocycles.